The molecule has 4 fully saturated rings. The van der Waals surface area contributed by atoms with E-state index >= 15 is 0 Å². The summed E-state index contributed by atoms with van der Waals surface area (Å²) < 4.78 is 180. The van der Waals surface area contributed by atoms with Gasteiger partial charge in [0.25, 0.3) is 11.8 Å². The fourth-order valence-corrected chi connectivity index (χ4v) is 10.4. The number of quaternary nitrogens is 2. The molecule has 2 saturated carbocycles. The fraction of sp³-hybridized carbons (Fsp3) is 0.714. The zero-order valence-corrected chi connectivity index (χ0v) is 52.9. The standard InChI is InChI=1S/C39H56N4O4.C4H10O.3CHF3O3S.3CH4O.Y/c1-5-26-14-9-15-27(6-2)36(26)40-38(44)34-24-30-18-11-20-32(30)42(34,46)22-13-23-43(47)33-21-12-19-31(33)25-35(43)39(45)41-37-28(7-3)16-10-17-29(37)8-4;1-3-5-4-2;3*2-1(3,4)8(5,6)7;3*1-2;/h9-10,14-17,30-35H,5-8,11-13,18-25H2,1-4H3,(H,40,44)(H,41,45);3-4H2,1-2H3;3*(H,5,6,7);3*2H,1H3;/q;;;;;;;;+3/p-3/t30-,31-,32-,33-,34-,35-,42-,43-;;;;;;;;/m0......../s1. The van der Waals surface area contributed by atoms with Crippen LogP contribution in [0, 0.1) is 22.3 Å². The summed E-state index contributed by atoms with van der Waals surface area (Å²) in [6.07, 6.45) is 10.6. The van der Waals surface area contributed by atoms with Crippen LogP contribution in [0.2, 0.25) is 0 Å². The molecule has 5 N–H and O–H groups in total. The number of aryl methyl sites for hydroxylation is 4. The van der Waals surface area contributed by atoms with Crippen LogP contribution < -0.4 is 10.6 Å². The van der Waals surface area contributed by atoms with E-state index in [1.807, 2.05) is 26.0 Å². The number of anilines is 2. The van der Waals surface area contributed by atoms with Crippen molar-refractivity contribution in [3.05, 3.63) is 69.1 Å². The number of likely N-dealkylation sites (tertiary alicyclic amines) is 2. The van der Waals surface area contributed by atoms with Crippen LogP contribution >= 0.6 is 0 Å². The summed E-state index contributed by atoms with van der Waals surface area (Å²) in [5.74, 6) is 0.154. The second-order valence-electron chi connectivity index (χ2n) is 18.3. The summed E-state index contributed by atoms with van der Waals surface area (Å²) in [7, 11) is -15.3. The number of aliphatic hydroxyl groups is 3. The van der Waals surface area contributed by atoms with Gasteiger partial charge >= 0.3 is 49.2 Å². The number of fused-ring (bicyclic) bond motifs is 2. The van der Waals surface area contributed by atoms with Gasteiger partial charge < -0.3 is 64.1 Å². The van der Waals surface area contributed by atoms with E-state index in [4.69, 9.17) is 59.0 Å². The Morgan fingerprint density at radius 2 is 0.771 bits per heavy atom. The molecule has 8 atom stereocenters. The fourth-order valence-electron chi connectivity index (χ4n) is 10.4. The number of carbonyl (C=O) groups is 2. The van der Waals surface area contributed by atoms with Crippen molar-refractivity contribution in [2.45, 2.75) is 166 Å². The van der Waals surface area contributed by atoms with Gasteiger partial charge in [0.15, 0.2) is 42.4 Å². The summed E-state index contributed by atoms with van der Waals surface area (Å²) >= 11 is 0. The third-order valence-corrected chi connectivity index (χ3v) is 15.5. The minimum atomic E-state index is -6.09. The number of nitrogens with zero attached hydrogens (tertiary/aromatic N) is 2. The summed E-state index contributed by atoms with van der Waals surface area (Å²) in [5.41, 5.74) is -10.8. The molecule has 0 aromatic heterocycles. The molecule has 0 radical (unpaired) electrons. The number of benzene rings is 2. The second-order valence-corrected chi connectivity index (χ2v) is 22.4. The van der Waals surface area contributed by atoms with Crippen LogP contribution in [0.1, 0.15) is 122 Å². The van der Waals surface area contributed by atoms with Gasteiger partial charge in [-0.1, -0.05) is 64.1 Å². The first-order valence-electron chi connectivity index (χ1n) is 25.8. The van der Waals surface area contributed by atoms with Crippen LogP contribution in [-0.4, -0.2) is 164 Å². The van der Waals surface area contributed by atoms with Gasteiger partial charge in [-0.05, 0) is 87.5 Å². The molecule has 2 saturated heterocycles. The van der Waals surface area contributed by atoms with E-state index in [1.54, 1.807) is 0 Å². The van der Waals surface area contributed by atoms with Crippen molar-refractivity contribution >= 4 is 53.5 Å². The van der Waals surface area contributed by atoms with Gasteiger partial charge in [-0.15, -0.1) is 0 Å². The summed E-state index contributed by atoms with van der Waals surface area (Å²) in [6.45, 7) is 14.5. The zero-order chi connectivity index (χ0) is 64.5. The molecule has 2 aliphatic carbocycles. The third-order valence-electron chi connectivity index (χ3n) is 13.8. The number of hydrogen-bond acceptors (Lipinski definition) is 17. The first-order chi connectivity index (χ1) is 37.8. The average Bonchev–Trinajstić information content (AvgIpc) is 4.22. The third kappa shape index (κ3) is 24.8. The first-order valence-corrected chi connectivity index (χ1v) is 30.1. The summed E-state index contributed by atoms with van der Waals surface area (Å²) in [4.78, 5) is 28.0. The largest absolute Gasteiger partial charge is 3.00 e. The smallest absolute Gasteiger partial charge is 0.741 e. The number of hydroxylamine groups is 6. The first kappa shape index (κ1) is 84.5. The van der Waals surface area contributed by atoms with Crippen molar-refractivity contribution in [3.63, 3.8) is 0 Å². The number of rotatable bonds is 14. The van der Waals surface area contributed by atoms with E-state index in [-0.39, 0.29) is 81.5 Å². The van der Waals surface area contributed by atoms with Crippen molar-refractivity contribution in [2.24, 2.45) is 11.8 Å². The maximum Gasteiger partial charge on any atom is 3.00 e. The summed E-state index contributed by atoms with van der Waals surface area (Å²) in [5, 5.41) is 57.4. The average molecular weight is 1350 g/mol. The molecule has 83 heavy (non-hydrogen) atoms. The predicted octanol–water partition coefficient (Wildman–Crippen LogP) is 7.43. The molecule has 0 bridgehead atoms. The number of hydrogen-bond donors (Lipinski definition) is 5. The number of carbonyl (C=O) groups excluding carboxylic acids is 2. The van der Waals surface area contributed by atoms with Gasteiger partial charge in [-0.2, -0.15) is 39.5 Å². The number of para-hydroxylation sites is 2. The minimum Gasteiger partial charge on any atom is -0.741 e. The van der Waals surface area contributed by atoms with Crippen LogP contribution in [0.25, 0.3) is 0 Å². The Labute approximate surface area is 505 Å². The maximum atomic E-state index is 15.0. The Balaban J connectivity index is -0.00000145. The predicted molar refractivity (Wildman–Crippen MR) is 282 cm³/mol. The Morgan fingerprint density at radius 1 is 0.530 bits per heavy atom. The topological polar surface area (TPSA) is 346 Å². The van der Waals surface area contributed by atoms with Crippen molar-refractivity contribution < 1.29 is 150 Å². The monoisotopic (exact) mass is 1350 g/mol. The Kier molecular flexibility index (Phi) is 38.5. The van der Waals surface area contributed by atoms with Gasteiger partial charge in [0.1, 0.15) is 0 Å². The molecule has 2 amide bonds. The number of alkyl halides is 9. The molecule has 2 aromatic rings. The molecule has 480 valence electrons. The van der Waals surface area contributed by atoms with E-state index in [9.17, 15) is 59.5 Å². The normalized spacial score (nSPS) is 23.3. The summed E-state index contributed by atoms with van der Waals surface area (Å²) in [6, 6.07) is 10.8. The molecule has 0 spiro atoms. The molecule has 21 nitrogen and oxygen atoms in total. The van der Waals surface area contributed by atoms with E-state index in [2.05, 4.69) is 62.6 Å². The van der Waals surface area contributed by atoms with Crippen LogP contribution in [0.15, 0.2) is 36.4 Å². The Morgan fingerprint density at radius 3 is 0.964 bits per heavy atom. The molecule has 2 aliphatic heterocycles. The molecule has 34 heteroatoms. The van der Waals surface area contributed by atoms with E-state index in [0.717, 1.165) is 132 Å². The SMILES string of the molecule is CCOCC.CCc1cccc(CC)c1NC(=O)[C@@H]1C[C@@H]2CCC[C@@H]2[N@@+]1([O-])CCC[N@@+]1([O-])[C@H](C(=O)Nc2c(CC)cccc2CC)C[C@@H]2CCC[C@@H]21.CO.CO.CO.O=S(=O)([O-])C(F)(F)F.O=S(=O)([O-])C(F)(F)F.O=S(=O)([O-])C(F)(F)F.[Y+3]. The van der Waals surface area contributed by atoms with E-state index in [1.165, 1.54) is 0 Å². The van der Waals surface area contributed by atoms with Crippen LogP contribution in [0.5, 0.6) is 0 Å². The van der Waals surface area contributed by atoms with Crippen molar-refractivity contribution in [1.29, 1.82) is 0 Å². The molecule has 6 rings (SSSR count). The molecular formula is C49H78F9N4O17S3Y. The second kappa shape index (κ2) is 37.8. The van der Waals surface area contributed by atoms with Gasteiger partial charge in [0.05, 0.1) is 25.2 Å². The van der Waals surface area contributed by atoms with Gasteiger partial charge in [-0.25, -0.2) is 25.3 Å². The van der Waals surface area contributed by atoms with Gasteiger partial charge in [-0.3, -0.25) is 9.59 Å². The van der Waals surface area contributed by atoms with Crippen molar-refractivity contribution in [3.8, 4) is 0 Å². The van der Waals surface area contributed by atoms with Crippen molar-refractivity contribution in [2.75, 3.05) is 58.3 Å². The van der Waals surface area contributed by atoms with Crippen LogP contribution in [0.3, 0.4) is 0 Å². The van der Waals surface area contributed by atoms with Crippen LogP contribution in [-0.2, 0) is 103 Å². The molecule has 0 unspecified atom stereocenters. The quantitative estimate of drug-likeness (QED) is 0.0403. The van der Waals surface area contributed by atoms with E-state index < -0.39 is 68.3 Å². The minimum absolute atomic E-state index is 0. The zero-order valence-electron chi connectivity index (χ0n) is 47.6. The number of halogens is 9. The number of nitrogens with one attached hydrogen (secondary N) is 2. The molecule has 2 aromatic carbocycles. The Bertz CT molecular complexity index is 2340. The molecule has 4 aliphatic rings. The number of ether oxygens (including phenoxy) is 1. The van der Waals surface area contributed by atoms with Crippen molar-refractivity contribution in [1.82, 2.24) is 0 Å². The maximum absolute atomic E-state index is 15.0. The number of amides is 2. The molecular weight excluding hydrogens is 1270 g/mol. The van der Waals surface area contributed by atoms with Gasteiger partial charge in [0.2, 0.25) is 0 Å². The van der Waals surface area contributed by atoms with Gasteiger partial charge in [0, 0.05) is 89.9 Å². The van der Waals surface area contributed by atoms with E-state index in [0.29, 0.717) is 19.3 Å². The molecule has 2 heterocycles. The van der Waals surface area contributed by atoms with Crippen LogP contribution in [0.4, 0.5) is 50.9 Å². The number of aliphatic hydroxyl groups excluding tert-OH is 3. The Hall–Kier alpha value is -2.74.